The molecule has 0 saturated carbocycles. The Morgan fingerprint density at radius 3 is 2.86 bits per heavy atom. The third-order valence-corrected chi connectivity index (χ3v) is 3.43. The molecule has 0 saturated heterocycles. The van der Waals surface area contributed by atoms with Gasteiger partial charge in [-0.1, -0.05) is 0 Å². The fourth-order valence-corrected chi connectivity index (χ4v) is 2.27. The van der Waals surface area contributed by atoms with Crippen LogP contribution >= 0.6 is 11.3 Å². The largest absolute Gasteiger partial charge is 0.461 e. The molecule has 0 aliphatic heterocycles. The summed E-state index contributed by atoms with van der Waals surface area (Å²) in [6.07, 6.45) is 0. The van der Waals surface area contributed by atoms with Gasteiger partial charge in [0, 0.05) is 11.1 Å². The van der Waals surface area contributed by atoms with Crippen molar-refractivity contribution in [3.63, 3.8) is 0 Å². The lowest BCUT2D eigenvalue weighted by Crippen LogP contribution is -2.13. The third kappa shape index (κ3) is 3.63. The van der Waals surface area contributed by atoms with E-state index in [4.69, 9.17) is 4.74 Å². The van der Waals surface area contributed by atoms with Gasteiger partial charge in [0.05, 0.1) is 6.61 Å². The van der Waals surface area contributed by atoms with Crippen LogP contribution in [-0.2, 0) is 4.74 Å². The second kappa shape index (κ2) is 6.45. The molecule has 1 aromatic carbocycles. The fourth-order valence-electron chi connectivity index (χ4n) is 1.58. The van der Waals surface area contributed by atoms with Crippen molar-refractivity contribution in [3.8, 4) is 0 Å². The van der Waals surface area contributed by atoms with Gasteiger partial charge in [-0.05, 0) is 37.6 Å². The van der Waals surface area contributed by atoms with Crippen molar-refractivity contribution >= 4 is 28.9 Å². The number of aryl methyl sites for hydroxylation is 1. The number of benzene rings is 1. The van der Waals surface area contributed by atoms with Gasteiger partial charge in [0.25, 0.3) is 5.91 Å². The zero-order chi connectivity index (χ0) is 15.4. The molecule has 1 amide bonds. The molecule has 5 nitrogen and oxygen atoms in total. The maximum absolute atomic E-state index is 13.1. The lowest BCUT2D eigenvalue weighted by molar-refractivity contribution is 0.0526. The summed E-state index contributed by atoms with van der Waals surface area (Å²) in [6, 6.07) is 4.25. The van der Waals surface area contributed by atoms with Crippen molar-refractivity contribution in [1.29, 1.82) is 0 Å². The average molecular weight is 308 g/mol. The van der Waals surface area contributed by atoms with Gasteiger partial charge in [-0.3, -0.25) is 4.79 Å². The molecule has 0 bridgehead atoms. The predicted octanol–water partition coefficient (Wildman–Crippen LogP) is 3.02. The fraction of sp³-hybridized carbons (Fsp3) is 0.214. The number of hydrogen-bond donors (Lipinski definition) is 1. The van der Waals surface area contributed by atoms with Crippen LogP contribution in [-0.4, -0.2) is 23.5 Å². The second-order valence-corrected chi connectivity index (χ2v) is 5.03. The Hall–Kier alpha value is -2.28. The van der Waals surface area contributed by atoms with Crippen LogP contribution in [0.4, 0.5) is 10.1 Å². The molecule has 0 aliphatic rings. The van der Waals surface area contributed by atoms with Crippen LogP contribution < -0.4 is 5.32 Å². The van der Waals surface area contributed by atoms with Crippen molar-refractivity contribution < 1.29 is 18.7 Å². The number of nitrogens with one attached hydrogen (secondary N) is 1. The van der Waals surface area contributed by atoms with Crippen molar-refractivity contribution in [1.82, 2.24) is 4.98 Å². The van der Waals surface area contributed by atoms with Crippen LogP contribution in [0.1, 0.15) is 32.8 Å². The standard InChI is InChI=1S/C14H13FN2O3S/c1-3-20-14(19)13-17-11(7-21-13)12(18)16-9-4-5-10(15)8(2)6-9/h4-7H,3H2,1-2H3,(H,16,18). The van der Waals surface area contributed by atoms with Crippen molar-refractivity contribution in [2.24, 2.45) is 0 Å². The summed E-state index contributed by atoms with van der Waals surface area (Å²) in [6.45, 7) is 3.54. The number of ether oxygens (including phenoxy) is 1. The number of halogens is 1. The Balaban J connectivity index is 2.10. The Morgan fingerprint density at radius 1 is 1.43 bits per heavy atom. The van der Waals surface area contributed by atoms with E-state index >= 15 is 0 Å². The number of amides is 1. The van der Waals surface area contributed by atoms with Crippen molar-refractivity contribution in [2.45, 2.75) is 13.8 Å². The molecule has 7 heteroatoms. The SMILES string of the molecule is CCOC(=O)c1nc(C(=O)Nc2ccc(F)c(C)c2)cs1. The molecule has 21 heavy (non-hydrogen) atoms. The summed E-state index contributed by atoms with van der Waals surface area (Å²) in [7, 11) is 0. The summed E-state index contributed by atoms with van der Waals surface area (Å²) >= 11 is 1.04. The molecule has 0 radical (unpaired) electrons. The summed E-state index contributed by atoms with van der Waals surface area (Å²) in [5.41, 5.74) is 1.01. The molecule has 2 rings (SSSR count). The van der Waals surface area contributed by atoms with E-state index in [9.17, 15) is 14.0 Å². The quantitative estimate of drug-likeness (QED) is 0.882. The molecule has 2 aromatic rings. The number of carbonyl (C=O) groups excluding carboxylic acids is 2. The van der Waals surface area contributed by atoms with Crippen LogP contribution in [0.2, 0.25) is 0 Å². The minimum absolute atomic E-state index is 0.116. The van der Waals surface area contributed by atoms with Crippen LogP contribution in [0.15, 0.2) is 23.6 Å². The third-order valence-electron chi connectivity index (χ3n) is 2.60. The number of rotatable bonds is 4. The highest BCUT2D eigenvalue weighted by molar-refractivity contribution is 7.11. The molecule has 1 N–H and O–H groups in total. The zero-order valence-corrected chi connectivity index (χ0v) is 12.3. The number of nitrogens with zero attached hydrogens (tertiary/aromatic N) is 1. The highest BCUT2D eigenvalue weighted by Crippen LogP contribution is 2.16. The van der Waals surface area contributed by atoms with Gasteiger partial charge in [0.15, 0.2) is 0 Å². The van der Waals surface area contributed by atoms with E-state index in [2.05, 4.69) is 10.3 Å². The van der Waals surface area contributed by atoms with Crippen molar-refractivity contribution in [2.75, 3.05) is 11.9 Å². The number of anilines is 1. The topological polar surface area (TPSA) is 68.3 Å². The number of aromatic nitrogens is 1. The summed E-state index contributed by atoms with van der Waals surface area (Å²) < 4.78 is 18.0. The summed E-state index contributed by atoms with van der Waals surface area (Å²) in [5, 5.41) is 4.19. The maximum Gasteiger partial charge on any atom is 0.367 e. The van der Waals surface area contributed by atoms with Gasteiger partial charge in [-0.25, -0.2) is 14.2 Å². The Kier molecular flexibility index (Phi) is 4.64. The second-order valence-electron chi connectivity index (χ2n) is 4.18. The van der Waals surface area contributed by atoms with Gasteiger partial charge in [-0.2, -0.15) is 0 Å². The number of thiazole rings is 1. The summed E-state index contributed by atoms with van der Waals surface area (Å²) in [5.74, 6) is -1.36. The Bertz CT molecular complexity index is 685. The lowest BCUT2D eigenvalue weighted by Gasteiger charge is -2.04. The molecule has 1 heterocycles. The monoisotopic (exact) mass is 308 g/mol. The minimum atomic E-state index is -0.556. The van der Waals surface area contributed by atoms with E-state index in [0.29, 0.717) is 11.3 Å². The molecule has 110 valence electrons. The molecular weight excluding hydrogens is 295 g/mol. The van der Waals surface area contributed by atoms with E-state index in [0.717, 1.165) is 11.3 Å². The van der Waals surface area contributed by atoms with Crippen LogP contribution in [0.3, 0.4) is 0 Å². The van der Waals surface area contributed by atoms with Gasteiger partial charge in [0.1, 0.15) is 11.5 Å². The Morgan fingerprint density at radius 2 is 2.19 bits per heavy atom. The van der Waals surface area contributed by atoms with E-state index in [1.165, 1.54) is 23.6 Å². The number of esters is 1. The highest BCUT2D eigenvalue weighted by atomic mass is 32.1. The maximum atomic E-state index is 13.1. The molecular formula is C14H13FN2O3S. The van der Waals surface area contributed by atoms with Crippen molar-refractivity contribution in [3.05, 3.63) is 45.7 Å². The minimum Gasteiger partial charge on any atom is -0.461 e. The number of hydrogen-bond acceptors (Lipinski definition) is 5. The zero-order valence-electron chi connectivity index (χ0n) is 11.5. The number of carbonyl (C=O) groups is 2. The normalized spacial score (nSPS) is 10.2. The summed E-state index contributed by atoms with van der Waals surface area (Å²) in [4.78, 5) is 27.4. The molecule has 0 aliphatic carbocycles. The van der Waals surface area contributed by atoms with E-state index < -0.39 is 11.9 Å². The predicted molar refractivity (Wildman–Crippen MR) is 77.2 cm³/mol. The molecule has 0 atom stereocenters. The first-order valence-electron chi connectivity index (χ1n) is 6.21. The highest BCUT2D eigenvalue weighted by Gasteiger charge is 2.16. The molecule has 1 aromatic heterocycles. The molecule has 0 unspecified atom stereocenters. The first-order chi connectivity index (χ1) is 10.0. The van der Waals surface area contributed by atoms with E-state index in [1.807, 2.05) is 0 Å². The Labute approximate surface area is 124 Å². The van der Waals surface area contributed by atoms with Crippen LogP contribution in [0.25, 0.3) is 0 Å². The van der Waals surface area contributed by atoms with Crippen LogP contribution in [0.5, 0.6) is 0 Å². The smallest absolute Gasteiger partial charge is 0.367 e. The molecule has 0 spiro atoms. The average Bonchev–Trinajstić information content (AvgIpc) is 2.93. The van der Waals surface area contributed by atoms with Gasteiger partial charge >= 0.3 is 5.97 Å². The van der Waals surface area contributed by atoms with Gasteiger partial charge in [-0.15, -0.1) is 11.3 Å². The van der Waals surface area contributed by atoms with Gasteiger partial charge in [0.2, 0.25) is 5.01 Å². The first kappa shape index (κ1) is 15.1. The van der Waals surface area contributed by atoms with Gasteiger partial charge < -0.3 is 10.1 Å². The van der Waals surface area contributed by atoms with E-state index in [-0.39, 0.29) is 23.1 Å². The van der Waals surface area contributed by atoms with E-state index in [1.54, 1.807) is 13.8 Å². The first-order valence-corrected chi connectivity index (χ1v) is 7.09. The molecule has 0 fully saturated rings. The lowest BCUT2D eigenvalue weighted by atomic mass is 10.2. The van der Waals surface area contributed by atoms with Crippen LogP contribution in [0, 0.1) is 12.7 Å².